The first-order chi connectivity index (χ1) is 8.72. The molecule has 4 nitrogen and oxygen atoms in total. The highest BCUT2D eigenvalue weighted by Gasteiger charge is 2.09. The molecule has 0 aliphatic rings. The molecule has 3 aromatic heterocycles. The molecule has 0 saturated carbocycles. The highest BCUT2D eigenvalue weighted by Crippen LogP contribution is 2.33. The molecule has 3 heterocycles. The molecule has 18 heavy (non-hydrogen) atoms. The van der Waals surface area contributed by atoms with Gasteiger partial charge in [-0.2, -0.15) is 0 Å². The summed E-state index contributed by atoms with van der Waals surface area (Å²) in [4.78, 5) is 13.6. The minimum atomic E-state index is 0.279. The number of hydrogen-bond acceptors (Lipinski definition) is 6. The zero-order valence-corrected chi connectivity index (χ0v) is 11.4. The molecule has 2 N–H and O–H groups in total. The second-order valence-electron chi connectivity index (χ2n) is 3.44. The van der Waals surface area contributed by atoms with Crippen molar-refractivity contribution in [2.24, 2.45) is 0 Å². The van der Waals surface area contributed by atoms with Crippen molar-refractivity contribution in [3.63, 3.8) is 0 Å². The standard InChI is InChI=1S/C11H7ClN4S2/c12-6-1-2-8(14-5-6)18-10-7-3-4-17-9(7)15-11(13)16-10/h1-5H,(H2,13,15,16). The van der Waals surface area contributed by atoms with Crippen molar-refractivity contribution in [3.05, 3.63) is 34.8 Å². The van der Waals surface area contributed by atoms with E-state index in [1.807, 2.05) is 17.5 Å². The van der Waals surface area contributed by atoms with Gasteiger partial charge in [-0.1, -0.05) is 11.6 Å². The molecule has 0 saturated heterocycles. The van der Waals surface area contributed by atoms with Crippen LogP contribution in [0.15, 0.2) is 39.8 Å². The SMILES string of the molecule is Nc1nc(Sc2ccc(Cl)cn2)c2ccsc2n1. The first kappa shape index (κ1) is 11.7. The van der Waals surface area contributed by atoms with E-state index in [1.165, 1.54) is 11.8 Å². The summed E-state index contributed by atoms with van der Waals surface area (Å²) in [5.74, 6) is 0.279. The lowest BCUT2D eigenvalue weighted by atomic mass is 10.4. The van der Waals surface area contributed by atoms with Gasteiger partial charge in [-0.25, -0.2) is 15.0 Å². The fourth-order valence-corrected chi connectivity index (χ4v) is 3.24. The molecule has 90 valence electrons. The summed E-state index contributed by atoms with van der Waals surface area (Å²) in [6.07, 6.45) is 1.61. The predicted octanol–water partition coefficient (Wildman–Crippen LogP) is 3.47. The molecule has 0 amide bonds. The van der Waals surface area contributed by atoms with Crippen LogP contribution in [0.2, 0.25) is 5.02 Å². The smallest absolute Gasteiger partial charge is 0.222 e. The summed E-state index contributed by atoms with van der Waals surface area (Å²) in [5.41, 5.74) is 5.69. The van der Waals surface area contributed by atoms with Crippen molar-refractivity contribution in [1.29, 1.82) is 0 Å². The Labute approximate surface area is 116 Å². The Hall–Kier alpha value is -1.37. The van der Waals surface area contributed by atoms with Crippen LogP contribution in [0.4, 0.5) is 5.95 Å². The van der Waals surface area contributed by atoms with Crippen LogP contribution in [-0.2, 0) is 0 Å². The summed E-state index contributed by atoms with van der Waals surface area (Å²) in [5, 5.41) is 5.22. The van der Waals surface area contributed by atoms with Crippen molar-refractivity contribution < 1.29 is 0 Å². The topological polar surface area (TPSA) is 64.7 Å². The van der Waals surface area contributed by atoms with Crippen molar-refractivity contribution >= 4 is 50.9 Å². The number of fused-ring (bicyclic) bond motifs is 1. The van der Waals surface area contributed by atoms with E-state index in [4.69, 9.17) is 17.3 Å². The van der Waals surface area contributed by atoms with Crippen LogP contribution in [0.5, 0.6) is 0 Å². The zero-order chi connectivity index (χ0) is 12.5. The quantitative estimate of drug-likeness (QED) is 0.733. The number of pyridine rings is 1. The van der Waals surface area contributed by atoms with Crippen LogP contribution in [0.1, 0.15) is 0 Å². The number of rotatable bonds is 2. The Morgan fingerprint density at radius 3 is 2.89 bits per heavy atom. The first-order valence-corrected chi connectivity index (χ1v) is 7.10. The number of hydrogen-bond donors (Lipinski definition) is 1. The third kappa shape index (κ3) is 2.27. The van der Waals surface area contributed by atoms with Gasteiger partial charge in [-0.15, -0.1) is 11.3 Å². The molecule has 0 spiro atoms. The Kier molecular flexibility index (Phi) is 3.07. The van der Waals surface area contributed by atoms with Gasteiger partial charge in [-0.05, 0) is 35.3 Å². The lowest BCUT2D eigenvalue weighted by Crippen LogP contribution is -1.95. The van der Waals surface area contributed by atoms with Gasteiger partial charge in [0.15, 0.2) is 0 Å². The molecule has 3 rings (SSSR count). The molecule has 3 aromatic rings. The van der Waals surface area contributed by atoms with Crippen molar-refractivity contribution in [2.75, 3.05) is 5.73 Å². The molecule has 0 atom stereocenters. The third-order valence-electron chi connectivity index (χ3n) is 2.21. The number of thiophene rings is 1. The van der Waals surface area contributed by atoms with Gasteiger partial charge in [0.2, 0.25) is 5.95 Å². The minimum Gasteiger partial charge on any atom is -0.368 e. The number of nitrogens with zero attached hydrogens (tertiary/aromatic N) is 3. The second-order valence-corrected chi connectivity index (χ2v) is 5.78. The van der Waals surface area contributed by atoms with Crippen LogP contribution < -0.4 is 5.73 Å². The van der Waals surface area contributed by atoms with Crippen LogP contribution in [-0.4, -0.2) is 15.0 Å². The van der Waals surface area contributed by atoms with E-state index in [9.17, 15) is 0 Å². The average Bonchev–Trinajstić information content (AvgIpc) is 2.80. The van der Waals surface area contributed by atoms with E-state index in [0.717, 1.165) is 20.3 Å². The molecule has 0 fully saturated rings. The highest BCUT2D eigenvalue weighted by atomic mass is 35.5. The van der Waals surface area contributed by atoms with Gasteiger partial charge in [0.1, 0.15) is 14.9 Å². The lowest BCUT2D eigenvalue weighted by Gasteiger charge is -2.02. The van der Waals surface area contributed by atoms with E-state index in [-0.39, 0.29) is 5.95 Å². The number of aromatic nitrogens is 3. The Morgan fingerprint density at radius 2 is 2.11 bits per heavy atom. The summed E-state index contributed by atoms with van der Waals surface area (Å²) >= 11 is 8.79. The normalized spacial score (nSPS) is 10.9. The molecule has 0 radical (unpaired) electrons. The molecule has 0 aliphatic heterocycles. The maximum Gasteiger partial charge on any atom is 0.222 e. The largest absolute Gasteiger partial charge is 0.368 e. The second kappa shape index (κ2) is 4.72. The van der Waals surface area contributed by atoms with Crippen LogP contribution in [0, 0.1) is 0 Å². The first-order valence-electron chi connectivity index (χ1n) is 5.02. The summed E-state index contributed by atoms with van der Waals surface area (Å²) in [7, 11) is 0. The predicted molar refractivity (Wildman–Crippen MR) is 75.2 cm³/mol. The molecular weight excluding hydrogens is 288 g/mol. The summed E-state index contributed by atoms with van der Waals surface area (Å²) in [6.45, 7) is 0. The van der Waals surface area contributed by atoms with Crippen LogP contribution >= 0.6 is 34.7 Å². The monoisotopic (exact) mass is 294 g/mol. The van der Waals surface area contributed by atoms with Crippen molar-refractivity contribution in [2.45, 2.75) is 10.1 Å². The van der Waals surface area contributed by atoms with Gasteiger partial charge in [0.05, 0.1) is 5.02 Å². The van der Waals surface area contributed by atoms with Crippen molar-refractivity contribution in [1.82, 2.24) is 15.0 Å². The molecule has 0 unspecified atom stereocenters. The number of nitrogen functional groups attached to an aromatic ring is 1. The third-order valence-corrected chi connectivity index (χ3v) is 4.19. The Morgan fingerprint density at radius 1 is 1.22 bits per heavy atom. The van der Waals surface area contributed by atoms with E-state index in [0.29, 0.717) is 5.02 Å². The van der Waals surface area contributed by atoms with E-state index in [2.05, 4.69) is 15.0 Å². The van der Waals surface area contributed by atoms with Gasteiger partial charge in [0.25, 0.3) is 0 Å². The number of nitrogens with two attached hydrogens (primary N) is 1. The molecule has 7 heteroatoms. The molecule has 0 aromatic carbocycles. The summed E-state index contributed by atoms with van der Waals surface area (Å²) in [6, 6.07) is 5.63. The van der Waals surface area contributed by atoms with Gasteiger partial charge in [0, 0.05) is 11.6 Å². The van der Waals surface area contributed by atoms with Gasteiger partial charge < -0.3 is 5.73 Å². The highest BCUT2D eigenvalue weighted by molar-refractivity contribution is 7.99. The van der Waals surface area contributed by atoms with Crippen LogP contribution in [0.3, 0.4) is 0 Å². The maximum atomic E-state index is 5.80. The number of anilines is 1. The molecular formula is C11H7ClN4S2. The summed E-state index contributed by atoms with van der Waals surface area (Å²) < 4.78 is 0. The van der Waals surface area contributed by atoms with Gasteiger partial charge >= 0.3 is 0 Å². The zero-order valence-electron chi connectivity index (χ0n) is 9.00. The van der Waals surface area contributed by atoms with Crippen molar-refractivity contribution in [3.8, 4) is 0 Å². The van der Waals surface area contributed by atoms with E-state index >= 15 is 0 Å². The van der Waals surface area contributed by atoms with Gasteiger partial charge in [-0.3, -0.25) is 0 Å². The van der Waals surface area contributed by atoms with E-state index < -0.39 is 0 Å². The Balaban J connectivity index is 2.03. The minimum absolute atomic E-state index is 0.279. The average molecular weight is 295 g/mol. The van der Waals surface area contributed by atoms with Crippen LogP contribution in [0.25, 0.3) is 10.2 Å². The molecule has 0 aliphatic carbocycles. The van der Waals surface area contributed by atoms with E-state index in [1.54, 1.807) is 23.6 Å². The fraction of sp³-hybridized carbons (Fsp3) is 0. The Bertz CT molecular complexity index is 696. The number of halogens is 1. The molecule has 0 bridgehead atoms. The fourth-order valence-electron chi connectivity index (χ4n) is 1.44. The lowest BCUT2D eigenvalue weighted by molar-refractivity contribution is 1.09. The maximum absolute atomic E-state index is 5.80.